The summed E-state index contributed by atoms with van der Waals surface area (Å²) in [5.74, 6) is -0.300. The van der Waals surface area contributed by atoms with E-state index in [1.165, 1.54) is 12.1 Å². The second kappa shape index (κ2) is 6.97. The van der Waals surface area contributed by atoms with Crippen LogP contribution in [-0.4, -0.2) is 21.4 Å². The minimum Gasteiger partial charge on any atom is -0.352 e. The van der Waals surface area contributed by atoms with Crippen LogP contribution in [0.3, 0.4) is 0 Å². The molecular formula is C15H20FNO2S. The molecule has 0 unspecified atom stereocenters. The van der Waals surface area contributed by atoms with Crippen molar-refractivity contribution in [3.63, 3.8) is 0 Å². The number of hydrogen-bond donors (Lipinski definition) is 1. The van der Waals surface area contributed by atoms with Crippen molar-refractivity contribution in [1.29, 1.82) is 0 Å². The molecule has 0 saturated heterocycles. The summed E-state index contributed by atoms with van der Waals surface area (Å²) < 4.78 is 25.2. The number of rotatable bonds is 5. The maximum absolute atomic E-state index is 13.1. The second-order valence-corrected chi connectivity index (χ2v) is 7.04. The second-order valence-electron chi connectivity index (χ2n) is 5.29. The average molecular weight is 297 g/mol. The minimum absolute atomic E-state index is 0.161. The monoisotopic (exact) mass is 297 g/mol. The van der Waals surface area contributed by atoms with Crippen molar-refractivity contribution >= 4 is 16.7 Å². The zero-order valence-electron chi connectivity index (χ0n) is 11.6. The molecular weight excluding hydrogens is 277 g/mol. The number of carbonyl (C=O) groups is 1. The van der Waals surface area contributed by atoms with Crippen LogP contribution in [0.5, 0.6) is 0 Å². The Labute approximate surface area is 121 Å². The molecule has 1 fully saturated rings. The Hall–Kier alpha value is -1.23. The third-order valence-electron chi connectivity index (χ3n) is 3.66. The molecule has 0 heterocycles. The Balaban J connectivity index is 1.89. The average Bonchev–Trinajstić information content (AvgIpc) is 2.90. The van der Waals surface area contributed by atoms with Gasteiger partial charge in [-0.25, -0.2) is 4.39 Å². The Kier molecular flexibility index (Phi) is 5.29. The van der Waals surface area contributed by atoms with Crippen molar-refractivity contribution in [2.24, 2.45) is 0 Å². The smallest absolute Gasteiger partial charge is 0.235 e. The van der Waals surface area contributed by atoms with E-state index in [1.807, 2.05) is 0 Å². The molecule has 1 aromatic rings. The highest BCUT2D eigenvalue weighted by Gasteiger charge is 2.24. The van der Waals surface area contributed by atoms with E-state index in [0.29, 0.717) is 5.56 Å². The van der Waals surface area contributed by atoms with Crippen LogP contribution < -0.4 is 5.32 Å². The molecule has 2 rings (SSSR count). The Morgan fingerprint density at radius 1 is 1.45 bits per heavy atom. The van der Waals surface area contributed by atoms with Crippen LogP contribution in [0, 0.1) is 5.82 Å². The first-order chi connectivity index (χ1) is 9.56. The molecule has 0 bridgehead atoms. The molecule has 20 heavy (non-hydrogen) atoms. The first-order valence-electron chi connectivity index (χ1n) is 6.98. The predicted octanol–water partition coefficient (Wildman–Crippen LogP) is 2.52. The van der Waals surface area contributed by atoms with Gasteiger partial charge < -0.3 is 5.32 Å². The molecule has 2 atom stereocenters. The van der Waals surface area contributed by atoms with Crippen LogP contribution in [0.25, 0.3) is 0 Å². The lowest BCUT2D eigenvalue weighted by molar-refractivity contribution is -0.121. The van der Waals surface area contributed by atoms with Gasteiger partial charge in [0, 0.05) is 22.6 Å². The van der Waals surface area contributed by atoms with Crippen molar-refractivity contribution in [2.75, 3.05) is 0 Å². The molecule has 110 valence electrons. The summed E-state index contributed by atoms with van der Waals surface area (Å²) in [5.41, 5.74) is 0.656. The fourth-order valence-corrected chi connectivity index (χ4v) is 3.49. The SMILES string of the molecule is C[C@@H](C(=O)NC1CCCC1)[S@@](=O)Cc1cccc(F)c1. The van der Waals surface area contributed by atoms with E-state index in [1.54, 1.807) is 19.1 Å². The first-order valence-corrected chi connectivity index (χ1v) is 8.36. The minimum atomic E-state index is -1.33. The molecule has 0 radical (unpaired) electrons. The summed E-state index contributed by atoms with van der Waals surface area (Å²) in [6, 6.07) is 6.26. The van der Waals surface area contributed by atoms with Crippen LogP contribution in [0.4, 0.5) is 4.39 Å². The van der Waals surface area contributed by atoms with E-state index in [9.17, 15) is 13.4 Å². The van der Waals surface area contributed by atoms with Gasteiger partial charge in [-0.1, -0.05) is 25.0 Å². The van der Waals surface area contributed by atoms with Gasteiger partial charge in [0.25, 0.3) is 0 Å². The molecule has 1 aliphatic rings. The predicted molar refractivity (Wildman–Crippen MR) is 78.1 cm³/mol. The van der Waals surface area contributed by atoms with Gasteiger partial charge >= 0.3 is 0 Å². The van der Waals surface area contributed by atoms with E-state index in [4.69, 9.17) is 0 Å². The molecule has 1 saturated carbocycles. The van der Waals surface area contributed by atoms with Gasteiger partial charge in [0.15, 0.2) is 0 Å². The normalized spacial score (nSPS) is 18.7. The maximum atomic E-state index is 13.1. The summed E-state index contributed by atoms with van der Waals surface area (Å²) in [4.78, 5) is 12.0. The number of benzene rings is 1. The highest BCUT2D eigenvalue weighted by Crippen LogP contribution is 2.18. The van der Waals surface area contributed by atoms with Crippen molar-refractivity contribution in [2.45, 2.75) is 49.7 Å². The fraction of sp³-hybridized carbons (Fsp3) is 0.533. The van der Waals surface area contributed by atoms with Gasteiger partial charge in [0.2, 0.25) is 5.91 Å². The highest BCUT2D eigenvalue weighted by atomic mass is 32.2. The third kappa shape index (κ3) is 4.13. The van der Waals surface area contributed by atoms with E-state index < -0.39 is 16.0 Å². The van der Waals surface area contributed by atoms with Gasteiger partial charge in [0.1, 0.15) is 11.1 Å². The molecule has 3 nitrogen and oxygen atoms in total. The topological polar surface area (TPSA) is 46.2 Å². The van der Waals surface area contributed by atoms with Crippen LogP contribution in [0.2, 0.25) is 0 Å². The summed E-state index contributed by atoms with van der Waals surface area (Å²) in [6.07, 6.45) is 4.31. The van der Waals surface area contributed by atoms with Crippen LogP contribution in [0.1, 0.15) is 38.2 Å². The summed E-state index contributed by atoms with van der Waals surface area (Å²) in [5, 5.41) is 2.38. The number of carbonyl (C=O) groups excluding carboxylic acids is 1. The lowest BCUT2D eigenvalue weighted by Gasteiger charge is -2.16. The van der Waals surface area contributed by atoms with Gasteiger partial charge in [-0.2, -0.15) is 0 Å². The van der Waals surface area contributed by atoms with Crippen LogP contribution >= 0.6 is 0 Å². The first kappa shape index (κ1) is 15.2. The largest absolute Gasteiger partial charge is 0.352 e. The molecule has 1 aliphatic carbocycles. The molecule has 1 aromatic carbocycles. The number of hydrogen-bond acceptors (Lipinski definition) is 2. The zero-order chi connectivity index (χ0) is 14.5. The Bertz CT molecular complexity index is 500. The van der Waals surface area contributed by atoms with Gasteiger partial charge in [-0.05, 0) is 37.5 Å². The zero-order valence-corrected chi connectivity index (χ0v) is 12.4. The van der Waals surface area contributed by atoms with E-state index in [0.717, 1.165) is 25.7 Å². The van der Waals surface area contributed by atoms with Gasteiger partial charge in [-0.15, -0.1) is 0 Å². The van der Waals surface area contributed by atoms with Crippen LogP contribution in [0.15, 0.2) is 24.3 Å². The third-order valence-corrected chi connectivity index (χ3v) is 5.28. The Morgan fingerprint density at radius 2 is 2.15 bits per heavy atom. The quantitative estimate of drug-likeness (QED) is 0.908. The van der Waals surface area contributed by atoms with Crippen molar-refractivity contribution in [1.82, 2.24) is 5.32 Å². The Morgan fingerprint density at radius 3 is 2.80 bits per heavy atom. The number of halogens is 1. The summed E-state index contributed by atoms with van der Waals surface area (Å²) >= 11 is 0. The molecule has 0 aliphatic heterocycles. The van der Waals surface area contributed by atoms with E-state index in [-0.39, 0.29) is 23.5 Å². The fourth-order valence-electron chi connectivity index (χ4n) is 2.42. The van der Waals surface area contributed by atoms with Gasteiger partial charge in [-0.3, -0.25) is 9.00 Å². The van der Waals surface area contributed by atoms with E-state index in [2.05, 4.69) is 5.32 Å². The molecule has 0 spiro atoms. The molecule has 1 N–H and O–H groups in total. The lowest BCUT2D eigenvalue weighted by atomic mass is 10.2. The summed E-state index contributed by atoms with van der Waals surface area (Å²) in [7, 11) is -1.33. The highest BCUT2D eigenvalue weighted by molar-refractivity contribution is 7.85. The molecule has 1 amide bonds. The number of nitrogens with one attached hydrogen (secondary N) is 1. The van der Waals surface area contributed by atoms with Crippen LogP contribution in [-0.2, 0) is 21.3 Å². The summed E-state index contributed by atoms with van der Waals surface area (Å²) in [6.45, 7) is 1.67. The van der Waals surface area contributed by atoms with E-state index >= 15 is 0 Å². The van der Waals surface area contributed by atoms with Gasteiger partial charge in [0.05, 0.1) is 0 Å². The molecule has 0 aromatic heterocycles. The lowest BCUT2D eigenvalue weighted by Crippen LogP contribution is -2.40. The van der Waals surface area contributed by atoms with Crippen molar-refractivity contribution < 1.29 is 13.4 Å². The molecule has 5 heteroatoms. The maximum Gasteiger partial charge on any atom is 0.235 e. The van der Waals surface area contributed by atoms with Crippen molar-refractivity contribution in [3.8, 4) is 0 Å². The standard InChI is InChI=1S/C15H20FNO2S/c1-11(15(18)17-14-7-2-3-8-14)20(19)10-12-5-4-6-13(16)9-12/h4-6,9,11,14H,2-3,7-8,10H2,1H3,(H,17,18)/t11-,20-/m0/s1. The van der Waals surface area contributed by atoms with Crippen molar-refractivity contribution in [3.05, 3.63) is 35.6 Å². The number of amides is 1.